The standard InChI is InChI=1S/C21H33N5O3/c1-6-17-16(7-8-18(27)22-17)20(29)26-10-15-9-25(19(28)11-23(2)3)13-21(15,14-26)12-24(4)5/h7-8,15H,6,9-14H2,1-5H3,(H,22,27)/t15-,21+/m1/s1. The molecule has 0 radical (unpaired) electrons. The lowest BCUT2D eigenvalue weighted by Crippen LogP contribution is -2.45. The molecule has 0 aromatic carbocycles. The highest BCUT2D eigenvalue weighted by molar-refractivity contribution is 5.95. The fourth-order valence-electron chi connectivity index (χ4n) is 4.92. The Kier molecular flexibility index (Phi) is 6.14. The van der Waals surface area contributed by atoms with Crippen LogP contribution in [-0.2, 0) is 11.2 Å². The number of amides is 2. The SMILES string of the molecule is CCc1[nH]c(=O)ccc1C(=O)N1C[C@H]2CN(C(=O)CN(C)C)C[C@@]2(CN(C)C)C1. The van der Waals surface area contributed by atoms with Gasteiger partial charge in [0, 0.05) is 55.8 Å². The van der Waals surface area contributed by atoms with Crippen molar-refractivity contribution in [1.82, 2.24) is 24.6 Å². The monoisotopic (exact) mass is 403 g/mol. The Balaban J connectivity index is 1.81. The van der Waals surface area contributed by atoms with E-state index >= 15 is 0 Å². The van der Waals surface area contributed by atoms with Crippen molar-refractivity contribution in [3.63, 3.8) is 0 Å². The lowest BCUT2D eigenvalue weighted by molar-refractivity contribution is -0.131. The van der Waals surface area contributed by atoms with Crippen LogP contribution < -0.4 is 5.56 Å². The van der Waals surface area contributed by atoms with Crippen LogP contribution in [0.4, 0.5) is 0 Å². The summed E-state index contributed by atoms with van der Waals surface area (Å²) in [6.45, 7) is 5.81. The molecule has 1 aromatic heterocycles. The second kappa shape index (κ2) is 8.28. The maximum absolute atomic E-state index is 13.3. The third-order valence-corrected chi connectivity index (χ3v) is 6.07. The maximum Gasteiger partial charge on any atom is 0.255 e. The van der Waals surface area contributed by atoms with E-state index in [0.29, 0.717) is 50.4 Å². The number of nitrogens with zero attached hydrogens (tertiary/aromatic N) is 4. The van der Waals surface area contributed by atoms with E-state index in [9.17, 15) is 14.4 Å². The Morgan fingerprint density at radius 1 is 1.10 bits per heavy atom. The molecule has 2 saturated heterocycles. The van der Waals surface area contributed by atoms with Crippen LogP contribution in [0.25, 0.3) is 0 Å². The number of carbonyl (C=O) groups is 2. The zero-order valence-electron chi connectivity index (χ0n) is 18.2. The Bertz CT molecular complexity index is 834. The van der Waals surface area contributed by atoms with E-state index in [4.69, 9.17) is 0 Å². The molecule has 2 aliphatic heterocycles. The molecule has 1 aromatic rings. The Labute approximate surface area is 172 Å². The molecule has 3 heterocycles. The molecule has 8 nitrogen and oxygen atoms in total. The van der Waals surface area contributed by atoms with E-state index in [1.807, 2.05) is 49.8 Å². The highest BCUT2D eigenvalue weighted by Gasteiger charge is 2.54. The van der Waals surface area contributed by atoms with Gasteiger partial charge in [0.1, 0.15) is 0 Å². The smallest absolute Gasteiger partial charge is 0.255 e. The van der Waals surface area contributed by atoms with Crippen molar-refractivity contribution in [2.24, 2.45) is 11.3 Å². The fraction of sp³-hybridized carbons (Fsp3) is 0.667. The highest BCUT2D eigenvalue weighted by Crippen LogP contribution is 2.43. The zero-order valence-corrected chi connectivity index (χ0v) is 18.2. The van der Waals surface area contributed by atoms with Crippen molar-refractivity contribution in [1.29, 1.82) is 0 Å². The molecule has 1 N–H and O–H groups in total. The van der Waals surface area contributed by atoms with Gasteiger partial charge in [-0.05, 0) is 40.7 Å². The Hall–Kier alpha value is -2.19. The van der Waals surface area contributed by atoms with Gasteiger partial charge in [-0.1, -0.05) is 6.92 Å². The number of hydrogen-bond acceptors (Lipinski definition) is 5. The number of likely N-dealkylation sites (tertiary alicyclic amines) is 2. The quantitative estimate of drug-likeness (QED) is 0.721. The van der Waals surface area contributed by atoms with Gasteiger partial charge in [0.05, 0.1) is 12.1 Å². The molecule has 2 amide bonds. The summed E-state index contributed by atoms with van der Waals surface area (Å²) < 4.78 is 0. The number of aryl methyl sites for hydroxylation is 1. The Morgan fingerprint density at radius 3 is 2.38 bits per heavy atom. The second-order valence-electron chi connectivity index (χ2n) is 9.06. The van der Waals surface area contributed by atoms with Crippen LogP contribution in [0.1, 0.15) is 23.0 Å². The lowest BCUT2D eigenvalue weighted by atomic mass is 9.80. The van der Waals surface area contributed by atoms with E-state index in [1.54, 1.807) is 6.07 Å². The first-order valence-electron chi connectivity index (χ1n) is 10.2. The predicted molar refractivity (Wildman–Crippen MR) is 112 cm³/mol. The zero-order chi connectivity index (χ0) is 21.3. The van der Waals surface area contributed by atoms with E-state index in [2.05, 4.69) is 9.88 Å². The third kappa shape index (κ3) is 4.38. The van der Waals surface area contributed by atoms with Gasteiger partial charge in [0.25, 0.3) is 5.91 Å². The molecule has 0 saturated carbocycles. The molecule has 0 spiro atoms. The summed E-state index contributed by atoms with van der Waals surface area (Å²) in [5, 5.41) is 0. The van der Waals surface area contributed by atoms with Gasteiger partial charge < -0.3 is 24.6 Å². The lowest BCUT2D eigenvalue weighted by Gasteiger charge is -2.32. The van der Waals surface area contributed by atoms with Gasteiger partial charge in [0.2, 0.25) is 11.5 Å². The summed E-state index contributed by atoms with van der Waals surface area (Å²) in [6.07, 6.45) is 0.601. The van der Waals surface area contributed by atoms with Crippen LogP contribution in [0.5, 0.6) is 0 Å². The normalized spacial score (nSPS) is 23.9. The summed E-state index contributed by atoms with van der Waals surface area (Å²) in [4.78, 5) is 48.2. The summed E-state index contributed by atoms with van der Waals surface area (Å²) in [5.41, 5.74) is 0.961. The number of nitrogens with one attached hydrogen (secondary N) is 1. The topological polar surface area (TPSA) is 80.0 Å². The number of aromatic amines is 1. The molecular formula is C21H33N5O3. The van der Waals surface area contributed by atoms with E-state index in [-0.39, 0.29) is 28.7 Å². The van der Waals surface area contributed by atoms with Gasteiger partial charge in [0.15, 0.2) is 0 Å². The molecule has 8 heteroatoms. The molecule has 29 heavy (non-hydrogen) atoms. The van der Waals surface area contributed by atoms with Crippen LogP contribution in [0.2, 0.25) is 0 Å². The fourth-order valence-corrected chi connectivity index (χ4v) is 4.92. The van der Waals surface area contributed by atoms with Gasteiger partial charge in [-0.2, -0.15) is 0 Å². The third-order valence-electron chi connectivity index (χ3n) is 6.07. The number of fused-ring (bicyclic) bond motifs is 1. The second-order valence-corrected chi connectivity index (χ2v) is 9.06. The molecule has 2 aliphatic rings. The number of carbonyl (C=O) groups excluding carboxylic acids is 2. The summed E-state index contributed by atoms with van der Waals surface area (Å²) in [6, 6.07) is 3.06. The van der Waals surface area contributed by atoms with Crippen molar-refractivity contribution >= 4 is 11.8 Å². The van der Waals surface area contributed by atoms with Crippen LogP contribution in [0, 0.1) is 11.3 Å². The largest absolute Gasteiger partial charge is 0.341 e. The van der Waals surface area contributed by atoms with E-state index in [0.717, 1.165) is 6.54 Å². The van der Waals surface area contributed by atoms with Crippen LogP contribution in [0.15, 0.2) is 16.9 Å². The molecule has 2 fully saturated rings. The minimum atomic E-state index is -0.184. The summed E-state index contributed by atoms with van der Waals surface area (Å²) in [7, 11) is 7.88. The van der Waals surface area contributed by atoms with Crippen LogP contribution in [-0.4, -0.2) is 104 Å². The van der Waals surface area contributed by atoms with Crippen LogP contribution >= 0.6 is 0 Å². The van der Waals surface area contributed by atoms with Crippen molar-refractivity contribution in [2.75, 3.05) is 67.5 Å². The summed E-state index contributed by atoms with van der Waals surface area (Å²) in [5.74, 6) is 0.374. The summed E-state index contributed by atoms with van der Waals surface area (Å²) >= 11 is 0. The van der Waals surface area contributed by atoms with Crippen molar-refractivity contribution in [2.45, 2.75) is 13.3 Å². The first-order valence-corrected chi connectivity index (χ1v) is 10.2. The highest BCUT2D eigenvalue weighted by atomic mass is 16.2. The van der Waals surface area contributed by atoms with Gasteiger partial charge in [-0.15, -0.1) is 0 Å². The Morgan fingerprint density at radius 2 is 1.76 bits per heavy atom. The van der Waals surface area contributed by atoms with Crippen molar-refractivity contribution < 1.29 is 9.59 Å². The number of likely N-dealkylation sites (N-methyl/N-ethyl adjacent to an activating group) is 1. The minimum Gasteiger partial charge on any atom is -0.341 e. The van der Waals surface area contributed by atoms with Crippen molar-refractivity contribution in [3.05, 3.63) is 33.7 Å². The number of rotatable bonds is 6. The predicted octanol–water partition coefficient (Wildman–Crippen LogP) is -0.0389. The van der Waals surface area contributed by atoms with Gasteiger partial charge >= 0.3 is 0 Å². The maximum atomic E-state index is 13.3. The average Bonchev–Trinajstić information content (AvgIpc) is 3.13. The van der Waals surface area contributed by atoms with E-state index in [1.165, 1.54) is 6.07 Å². The molecular weight excluding hydrogens is 370 g/mol. The minimum absolute atomic E-state index is 0.0307. The van der Waals surface area contributed by atoms with Crippen LogP contribution in [0.3, 0.4) is 0 Å². The molecule has 0 bridgehead atoms. The molecule has 0 unspecified atom stereocenters. The number of hydrogen-bond donors (Lipinski definition) is 1. The average molecular weight is 404 g/mol. The molecule has 3 rings (SSSR count). The van der Waals surface area contributed by atoms with Gasteiger partial charge in [-0.25, -0.2) is 0 Å². The van der Waals surface area contributed by atoms with Crippen molar-refractivity contribution in [3.8, 4) is 0 Å². The number of aromatic nitrogens is 1. The first-order chi connectivity index (χ1) is 13.6. The molecule has 2 atom stereocenters. The molecule has 0 aliphatic carbocycles. The van der Waals surface area contributed by atoms with E-state index < -0.39 is 0 Å². The first kappa shape index (κ1) is 21.5. The number of H-pyrrole nitrogens is 1. The van der Waals surface area contributed by atoms with Gasteiger partial charge in [-0.3, -0.25) is 14.4 Å². The number of pyridine rings is 1. The molecule has 160 valence electrons.